The van der Waals surface area contributed by atoms with Crippen molar-refractivity contribution in [1.29, 1.82) is 0 Å². The number of nitrogens with zero attached hydrogens (tertiary/aromatic N) is 3. The van der Waals surface area contributed by atoms with Crippen LogP contribution in [0.4, 0.5) is 11.4 Å². The average Bonchev–Trinajstić information content (AvgIpc) is 3.16. The number of carbonyl (C=O) groups is 1. The molecule has 0 aliphatic carbocycles. The lowest BCUT2D eigenvalue weighted by Gasteiger charge is -2.46. The molecule has 0 aromatic heterocycles. The number of phenolic OH excluding ortho intramolecular Hbond substituents is 1. The minimum atomic E-state index is -0.0340. The van der Waals surface area contributed by atoms with Crippen molar-refractivity contribution in [3.8, 4) is 17.2 Å². The van der Waals surface area contributed by atoms with Crippen LogP contribution in [0.25, 0.3) is 0 Å². The normalized spacial score (nSPS) is 22.2. The molecule has 37 heavy (non-hydrogen) atoms. The summed E-state index contributed by atoms with van der Waals surface area (Å²) in [5, 5.41) is 10.7. The molecule has 6 nitrogen and oxygen atoms in total. The number of para-hydroxylation sites is 1. The predicted molar refractivity (Wildman–Crippen MR) is 146 cm³/mol. The highest BCUT2D eigenvalue weighted by molar-refractivity contribution is 5.96. The predicted octanol–water partition coefficient (Wildman–Crippen LogP) is 5.97. The van der Waals surface area contributed by atoms with Crippen LogP contribution < -0.4 is 9.64 Å². The molecule has 0 saturated carbocycles. The van der Waals surface area contributed by atoms with Crippen LogP contribution in [0.15, 0.2) is 66.7 Å². The Morgan fingerprint density at radius 2 is 1.73 bits per heavy atom. The van der Waals surface area contributed by atoms with Crippen molar-refractivity contribution in [2.45, 2.75) is 57.2 Å². The Hall–Kier alpha value is -3.51. The second kappa shape index (κ2) is 9.75. The SMILES string of the molecule is CCN(C)C(=O)c1ccc2c(c1)Oc1c(O)cccc1N2C1CC2CCC(C1)N2CCc1ccccc1. The Labute approximate surface area is 219 Å². The molecule has 6 rings (SSSR count). The topological polar surface area (TPSA) is 56.3 Å². The summed E-state index contributed by atoms with van der Waals surface area (Å²) in [6.45, 7) is 3.70. The highest BCUT2D eigenvalue weighted by Gasteiger charge is 2.44. The third-order valence-corrected chi connectivity index (χ3v) is 8.46. The van der Waals surface area contributed by atoms with Crippen LogP contribution >= 0.6 is 0 Å². The van der Waals surface area contributed by atoms with Crippen molar-refractivity contribution in [1.82, 2.24) is 9.80 Å². The van der Waals surface area contributed by atoms with Gasteiger partial charge >= 0.3 is 0 Å². The fraction of sp³-hybridized carbons (Fsp3) is 0.387. The van der Waals surface area contributed by atoms with Crippen LogP contribution in [0.2, 0.25) is 0 Å². The highest BCUT2D eigenvalue weighted by Crippen LogP contribution is 2.53. The van der Waals surface area contributed by atoms with E-state index in [2.05, 4.69) is 40.1 Å². The summed E-state index contributed by atoms with van der Waals surface area (Å²) in [6.07, 6.45) is 5.68. The lowest BCUT2D eigenvalue weighted by molar-refractivity contribution is 0.0802. The molecule has 1 amide bonds. The number of aromatic hydroxyl groups is 1. The van der Waals surface area contributed by atoms with Crippen LogP contribution in [-0.4, -0.2) is 59.1 Å². The number of benzene rings is 3. The fourth-order valence-electron chi connectivity index (χ4n) is 6.46. The van der Waals surface area contributed by atoms with E-state index in [0.717, 1.165) is 37.2 Å². The molecule has 3 aliphatic heterocycles. The molecule has 3 aromatic carbocycles. The first kappa shape index (κ1) is 23.9. The summed E-state index contributed by atoms with van der Waals surface area (Å²) in [4.78, 5) is 19.6. The van der Waals surface area contributed by atoms with Crippen LogP contribution in [0.5, 0.6) is 17.2 Å². The number of anilines is 2. The van der Waals surface area contributed by atoms with Gasteiger partial charge in [0.15, 0.2) is 17.2 Å². The standard InChI is InChI=1S/C31H35N3O3/c1-3-32(2)31(36)22-12-15-26-29(18-22)37-30-27(10-7-11-28(30)35)34(26)25-19-23-13-14-24(20-25)33(23)17-16-21-8-5-4-6-9-21/h4-12,15,18,23-25,35H,3,13-14,16-17,19-20H2,1-2H3. The summed E-state index contributed by atoms with van der Waals surface area (Å²) in [5.41, 5.74) is 3.86. The quantitative estimate of drug-likeness (QED) is 0.455. The van der Waals surface area contributed by atoms with Gasteiger partial charge in [0.2, 0.25) is 0 Å². The Bertz CT molecular complexity index is 1280. The van der Waals surface area contributed by atoms with Gasteiger partial charge in [-0.2, -0.15) is 0 Å². The molecular weight excluding hydrogens is 462 g/mol. The van der Waals surface area contributed by atoms with Crippen molar-refractivity contribution in [2.75, 3.05) is 25.0 Å². The molecule has 0 spiro atoms. The smallest absolute Gasteiger partial charge is 0.253 e. The van der Waals surface area contributed by atoms with Gasteiger partial charge in [-0.25, -0.2) is 0 Å². The van der Waals surface area contributed by atoms with E-state index in [1.807, 2.05) is 37.3 Å². The number of carbonyl (C=O) groups excluding carboxylic acids is 1. The molecule has 2 atom stereocenters. The number of rotatable bonds is 6. The molecule has 6 heteroatoms. The zero-order valence-corrected chi connectivity index (χ0v) is 21.6. The van der Waals surface area contributed by atoms with Gasteiger partial charge in [-0.3, -0.25) is 9.69 Å². The summed E-state index contributed by atoms with van der Waals surface area (Å²) < 4.78 is 6.24. The molecule has 2 fully saturated rings. The Morgan fingerprint density at radius 3 is 2.46 bits per heavy atom. The van der Waals surface area contributed by atoms with Crippen molar-refractivity contribution < 1.29 is 14.6 Å². The number of fused-ring (bicyclic) bond motifs is 4. The second-order valence-corrected chi connectivity index (χ2v) is 10.6. The summed E-state index contributed by atoms with van der Waals surface area (Å²) in [5.74, 6) is 1.19. The largest absolute Gasteiger partial charge is 0.504 e. The van der Waals surface area contributed by atoms with Crippen LogP contribution in [-0.2, 0) is 6.42 Å². The number of ether oxygens (including phenoxy) is 1. The van der Waals surface area contributed by atoms with Gasteiger partial charge in [0.05, 0.1) is 11.4 Å². The first-order valence-electron chi connectivity index (χ1n) is 13.5. The maximum Gasteiger partial charge on any atom is 0.253 e. The molecule has 2 unspecified atom stereocenters. The highest BCUT2D eigenvalue weighted by atomic mass is 16.5. The Kier molecular flexibility index (Phi) is 6.29. The van der Waals surface area contributed by atoms with E-state index in [4.69, 9.17) is 4.74 Å². The maximum absolute atomic E-state index is 12.9. The van der Waals surface area contributed by atoms with Crippen molar-refractivity contribution >= 4 is 17.3 Å². The van der Waals surface area contributed by atoms with Crippen LogP contribution in [0.3, 0.4) is 0 Å². The van der Waals surface area contributed by atoms with Gasteiger partial charge in [0, 0.05) is 43.8 Å². The number of amides is 1. The van der Waals surface area contributed by atoms with Crippen molar-refractivity contribution in [3.05, 3.63) is 77.9 Å². The summed E-state index contributed by atoms with van der Waals surface area (Å²) in [6, 6.07) is 23.5. The maximum atomic E-state index is 12.9. The van der Waals surface area contributed by atoms with Crippen LogP contribution in [0, 0.1) is 0 Å². The van der Waals surface area contributed by atoms with E-state index in [9.17, 15) is 9.90 Å². The number of piperidine rings is 1. The number of phenols is 1. The molecular formula is C31H35N3O3. The van der Waals surface area contributed by atoms with Gasteiger partial charge in [-0.1, -0.05) is 36.4 Å². The zero-order chi connectivity index (χ0) is 25.5. The van der Waals surface area contributed by atoms with Crippen molar-refractivity contribution in [3.63, 3.8) is 0 Å². The van der Waals surface area contributed by atoms with E-state index in [0.29, 0.717) is 41.7 Å². The summed E-state index contributed by atoms with van der Waals surface area (Å²) >= 11 is 0. The number of hydrogen-bond donors (Lipinski definition) is 1. The third-order valence-electron chi connectivity index (χ3n) is 8.46. The lowest BCUT2D eigenvalue weighted by Crippen LogP contribution is -2.50. The number of hydrogen-bond acceptors (Lipinski definition) is 5. The molecule has 192 valence electrons. The van der Waals surface area contributed by atoms with Gasteiger partial charge in [-0.15, -0.1) is 0 Å². The second-order valence-electron chi connectivity index (χ2n) is 10.6. The molecule has 0 radical (unpaired) electrons. The van der Waals surface area contributed by atoms with E-state index in [1.165, 1.54) is 18.4 Å². The molecule has 3 aliphatic rings. The Balaban J connectivity index is 1.29. The fourth-order valence-corrected chi connectivity index (χ4v) is 6.46. The summed E-state index contributed by atoms with van der Waals surface area (Å²) in [7, 11) is 1.80. The van der Waals surface area contributed by atoms with Gasteiger partial charge < -0.3 is 19.6 Å². The molecule has 2 saturated heterocycles. The monoisotopic (exact) mass is 497 g/mol. The van der Waals surface area contributed by atoms with Crippen LogP contribution in [0.1, 0.15) is 48.5 Å². The minimum Gasteiger partial charge on any atom is -0.504 e. The van der Waals surface area contributed by atoms with Crippen molar-refractivity contribution in [2.24, 2.45) is 0 Å². The lowest BCUT2D eigenvalue weighted by atomic mass is 9.93. The first-order chi connectivity index (χ1) is 18.0. The molecule has 3 aromatic rings. The average molecular weight is 498 g/mol. The van der Waals surface area contributed by atoms with Gasteiger partial charge in [0.1, 0.15) is 0 Å². The molecule has 2 bridgehead atoms. The van der Waals surface area contributed by atoms with Gasteiger partial charge in [-0.05, 0) is 74.9 Å². The molecule has 3 heterocycles. The van der Waals surface area contributed by atoms with E-state index < -0.39 is 0 Å². The van der Waals surface area contributed by atoms with E-state index in [1.54, 1.807) is 18.0 Å². The van der Waals surface area contributed by atoms with E-state index in [-0.39, 0.29) is 11.7 Å². The zero-order valence-electron chi connectivity index (χ0n) is 21.6. The van der Waals surface area contributed by atoms with Gasteiger partial charge in [0.25, 0.3) is 5.91 Å². The minimum absolute atomic E-state index is 0.0340. The molecule has 1 N–H and O–H groups in total. The first-order valence-corrected chi connectivity index (χ1v) is 13.5. The Morgan fingerprint density at radius 1 is 0.973 bits per heavy atom. The van der Waals surface area contributed by atoms with E-state index >= 15 is 0 Å². The third kappa shape index (κ3) is 4.33.